The van der Waals surface area contributed by atoms with Crippen molar-refractivity contribution in [2.45, 2.75) is 0 Å². The third-order valence-corrected chi connectivity index (χ3v) is 1.90. The number of guanidine groups is 1. The molecule has 60 valence electrons. The number of nitrogens with one attached hydrogen (secondary N) is 1. The van der Waals surface area contributed by atoms with Crippen LogP contribution in [0, 0.1) is 0 Å². The normalized spacial score (nSPS) is 32.0. The third-order valence-electron chi connectivity index (χ3n) is 1.90. The van der Waals surface area contributed by atoms with Crippen LogP contribution in [0.3, 0.4) is 0 Å². The fraction of sp³-hybridized carbons (Fsp3) is 0.400. The van der Waals surface area contributed by atoms with Gasteiger partial charge in [0, 0.05) is 7.05 Å². The molecule has 1 atom stereocenters. The number of aliphatic imine (C=N–C) groups is 1. The first-order chi connectivity index (χ1) is 5.20. The molecule has 2 aliphatic rings. The first-order valence-corrected chi connectivity index (χ1v) is 3.36. The minimum Gasteiger partial charge on any atom is -0.336 e. The second-order valence-electron chi connectivity index (χ2n) is 2.68. The molecule has 11 heavy (non-hydrogen) atoms. The summed E-state index contributed by atoms with van der Waals surface area (Å²) in [5.41, 5.74) is 6.68. The molecule has 0 bridgehead atoms. The molecular weight excluding hydrogens is 144 g/mol. The Morgan fingerprint density at radius 1 is 1.73 bits per heavy atom. The standard InChI is InChI=1S/C5H10N6/c1-9-3-4-2-8-5(6)10(4)11(9)7/h2H,3,7H2,1H3,(H2,6,8)/p+1. The lowest BCUT2D eigenvalue weighted by Crippen LogP contribution is -3.19. The van der Waals surface area contributed by atoms with Gasteiger partial charge in [-0.1, -0.05) is 0 Å². The number of hydrogen-bond acceptors (Lipinski definition) is 5. The largest absolute Gasteiger partial charge is 0.336 e. The maximum atomic E-state index is 5.67. The quantitative estimate of drug-likeness (QED) is 0.326. The topological polar surface area (TPSA) is 75.3 Å². The summed E-state index contributed by atoms with van der Waals surface area (Å²) in [5, 5.41) is 4.24. The summed E-state index contributed by atoms with van der Waals surface area (Å²) in [6, 6.07) is 0. The van der Waals surface area contributed by atoms with Crippen molar-refractivity contribution in [3.8, 4) is 0 Å². The highest BCUT2D eigenvalue weighted by atomic mass is 16.0. The Morgan fingerprint density at radius 2 is 2.45 bits per heavy atom. The second-order valence-corrected chi connectivity index (χ2v) is 2.68. The molecule has 2 heterocycles. The average Bonchev–Trinajstić information content (AvgIpc) is 2.41. The summed E-state index contributed by atoms with van der Waals surface area (Å²) in [7, 11) is 1.90. The van der Waals surface area contributed by atoms with Crippen LogP contribution in [-0.2, 0) is 0 Å². The molecule has 0 aromatic heterocycles. The number of rotatable bonds is 0. The summed E-state index contributed by atoms with van der Waals surface area (Å²) in [6.45, 7) is 0.788. The minimum absolute atomic E-state index is 0.506. The molecule has 0 spiro atoms. The Labute approximate surface area is 64.3 Å². The van der Waals surface area contributed by atoms with Crippen molar-refractivity contribution in [3.63, 3.8) is 0 Å². The van der Waals surface area contributed by atoms with E-state index >= 15 is 0 Å². The lowest BCUT2D eigenvalue weighted by molar-refractivity contribution is -0.906. The molecule has 0 amide bonds. The molecular formula is C5H11N6+. The number of nitrogens with zero attached hydrogens (tertiary/aromatic N) is 3. The van der Waals surface area contributed by atoms with Gasteiger partial charge < -0.3 is 5.73 Å². The molecule has 6 heteroatoms. The lowest BCUT2D eigenvalue weighted by atomic mass is 10.5. The van der Waals surface area contributed by atoms with E-state index in [1.54, 1.807) is 6.20 Å². The average molecular weight is 155 g/mol. The summed E-state index contributed by atoms with van der Waals surface area (Å²) >= 11 is 0. The van der Waals surface area contributed by atoms with Crippen LogP contribution < -0.4 is 16.6 Å². The van der Waals surface area contributed by atoms with Crippen LogP contribution in [0.1, 0.15) is 0 Å². The van der Waals surface area contributed by atoms with E-state index in [0.29, 0.717) is 5.96 Å². The molecule has 0 aromatic rings. The van der Waals surface area contributed by atoms with Crippen molar-refractivity contribution < 1.29 is 5.01 Å². The maximum absolute atomic E-state index is 5.67. The molecule has 0 radical (unpaired) electrons. The van der Waals surface area contributed by atoms with Gasteiger partial charge in [-0.2, -0.15) is 10.0 Å². The van der Waals surface area contributed by atoms with E-state index < -0.39 is 0 Å². The first-order valence-electron chi connectivity index (χ1n) is 3.36. The third kappa shape index (κ3) is 0.778. The Bertz CT molecular complexity index is 243. The van der Waals surface area contributed by atoms with Crippen molar-refractivity contribution in [2.75, 3.05) is 13.6 Å². The molecule has 0 saturated carbocycles. The molecule has 1 unspecified atom stereocenters. The Morgan fingerprint density at radius 3 is 3.09 bits per heavy atom. The van der Waals surface area contributed by atoms with Crippen molar-refractivity contribution in [1.82, 2.24) is 10.2 Å². The Hall–Kier alpha value is -0.950. The molecule has 0 aliphatic carbocycles. The Kier molecular flexibility index (Phi) is 1.24. The van der Waals surface area contributed by atoms with E-state index in [2.05, 4.69) is 4.99 Å². The second kappa shape index (κ2) is 2.02. The van der Waals surface area contributed by atoms with E-state index in [4.69, 9.17) is 11.6 Å². The monoisotopic (exact) mass is 155 g/mol. The van der Waals surface area contributed by atoms with E-state index in [0.717, 1.165) is 17.3 Å². The van der Waals surface area contributed by atoms with E-state index in [1.165, 1.54) is 5.23 Å². The van der Waals surface area contributed by atoms with Gasteiger partial charge in [-0.15, -0.1) is 5.01 Å². The first kappa shape index (κ1) is 6.74. The van der Waals surface area contributed by atoms with Crippen LogP contribution in [0.5, 0.6) is 0 Å². The molecule has 0 aromatic carbocycles. The fourth-order valence-corrected chi connectivity index (χ4v) is 1.31. The minimum atomic E-state index is 0.506. The van der Waals surface area contributed by atoms with Crippen LogP contribution in [0.25, 0.3) is 0 Å². The van der Waals surface area contributed by atoms with E-state index in [9.17, 15) is 0 Å². The van der Waals surface area contributed by atoms with Crippen LogP contribution in [-0.4, -0.2) is 29.8 Å². The van der Waals surface area contributed by atoms with Crippen molar-refractivity contribution in [1.29, 1.82) is 0 Å². The van der Waals surface area contributed by atoms with Gasteiger partial charge in [0.2, 0.25) is 0 Å². The van der Waals surface area contributed by atoms with Crippen LogP contribution in [0.2, 0.25) is 0 Å². The maximum Gasteiger partial charge on any atom is 0.325 e. The summed E-state index contributed by atoms with van der Waals surface area (Å²) in [4.78, 5) is 3.95. The van der Waals surface area contributed by atoms with Gasteiger partial charge in [-0.25, -0.2) is 5.84 Å². The predicted octanol–water partition coefficient (Wildman–Crippen LogP) is -3.01. The highest BCUT2D eigenvalue weighted by molar-refractivity contribution is 5.71. The van der Waals surface area contributed by atoms with Crippen molar-refractivity contribution >= 4 is 5.96 Å². The highest BCUT2D eigenvalue weighted by Crippen LogP contribution is 2.01. The van der Waals surface area contributed by atoms with Gasteiger partial charge in [0.05, 0.1) is 12.7 Å². The van der Waals surface area contributed by atoms with E-state index in [1.807, 2.05) is 12.1 Å². The smallest absolute Gasteiger partial charge is 0.325 e. The number of likely N-dealkylation sites (N-methyl/N-ethyl adjacent to an activating group) is 1. The zero-order chi connectivity index (χ0) is 8.01. The number of hydrazine groups is 2. The van der Waals surface area contributed by atoms with Crippen LogP contribution in [0.4, 0.5) is 0 Å². The molecule has 6 nitrogen and oxygen atoms in total. The van der Waals surface area contributed by atoms with Crippen LogP contribution in [0.15, 0.2) is 16.9 Å². The molecule has 2 rings (SSSR count). The van der Waals surface area contributed by atoms with Gasteiger partial charge in [0.15, 0.2) is 5.70 Å². The number of hydrogen-bond donors (Lipinski definition) is 3. The van der Waals surface area contributed by atoms with Crippen molar-refractivity contribution in [3.05, 3.63) is 11.9 Å². The SMILES string of the molecule is CN1CC2=CN=C(N)[NH+]2N1N. The molecule has 2 aliphatic heterocycles. The number of quaternary nitrogens is 1. The van der Waals surface area contributed by atoms with E-state index in [-0.39, 0.29) is 0 Å². The van der Waals surface area contributed by atoms with Gasteiger partial charge in [-0.05, 0) is 5.23 Å². The Balaban J connectivity index is 2.29. The van der Waals surface area contributed by atoms with Gasteiger partial charge >= 0.3 is 5.96 Å². The number of nitrogens with two attached hydrogens (primary N) is 2. The zero-order valence-corrected chi connectivity index (χ0v) is 6.28. The van der Waals surface area contributed by atoms with Gasteiger partial charge in [0.25, 0.3) is 0 Å². The fourth-order valence-electron chi connectivity index (χ4n) is 1.31. The lowest BCUT2D eigenvalue weighted by Gasteiger charge is -2.18. The highest BCUT2D eigenvalue weighted by Gasteiger charge is 2.40. The van der Waals surface area contributed by atoms with Gasteiger partial charge in [0.1, 0.15) is 0 Å². The zero-order valence-electron chi connectivity index (χ0n) is 6.28. The van der Waals surface area contributed by atoms with Crippen LogP contribution >= 0.6 is 0 Å². The summed E-state index contributed by atoms with van der Waals surface area (Å²) in [5.74, 6) is 6.18. The predicted molar refractivity (Wildman–Crippen MR) is 39.3 cm³/mol. The van der Waals surface area contributed by atoms with Gasteiger partial charge in [-0.3, -0.25) is 0 Å². The molecule has 1 saturated heterocycles. The number of fused-ring (bicyclic) bond motifs is 1. The molecule has 5 N–H and O–H groups in total. The summed E-state index contributed by atoms with van der Waals surface area (Å²) < 4.78 is 0. The summed E-state index contributed by atoms with van der Waals surface area (Å²) in [6.07, 6.45) is 1.76. The van der Waals surface area contributed by atoms with Crippen molar-refractivity contribution in [2.24, 2.45) is 16.6 Å². The molecule has 1 fully saturated rings.